The molecule has 0 radical (unpaired) electrons. The zero-order chi connectivity index (χ0) is 15.5. The normalized spacial score (nSPS) is 17.5. The zero-order valence-corrected chi connectivity index (χ0v) is 12.1. The van der Waals surface area contributed by atoms with E-state index in [0.29, 0.717) is 17.9 Å². The first kappa shape index (κ1) is 15.1. The highest BCUT2D eigenvalue weighted by molar-refractivity contribution is 7.90. The van der Waals surface area contributed by atoms with Crippen LogP contribution in [0.3, 0.4) is 0 Å². The Morgan fingerprint density at radius 1 is 1.43 bits per heavy atom. The fraction of sp³-hybridized carbons (Fsp3) is 0.333. The third-order valence-electron chi connectivity index (χ3n) is 2.78. The molecule has 0 aliphatic carbocycles. The number of guanidine groups is 1. The molecule has 1 aromatic carbocycles. The summed E-state index contributed by atoms with van der Waals surface area (Å²) in [5.74, 6) is -0.398. The molecule has 1 heterocycles. The van der Waals surface area contributed by atoms with Gasteiger partial charge in [0.25, 0.3) is 10.0 Å². The van der Waals surface area contributed by atoms with Crippen molar-refractivity contribution in [2.45, 2.75) is 17.7 Å². The van der Waals surface area contributed by atoms with Gasteiger partial charge in [0.2, 0.25) is 5.96 Å². The second kappa shape index (κ2) is 6.00. The van der Waals surface area contributed by atoms with Gasteiger partial charge in [-0.15, -0.1) is 0 Å². The van der Waals surface area contributed by atoms with Crippen molar-refractivity contribution in [1.82, 2.24) is 4.72 Å². The van der Waals surface area contributed by atoms with Crippen LogP contribution in [0.4, 0.5) is 5.69 Å². The largest absolute Gasteiger partial charge is 0.497 e. The summed E-state index contributed by atoms with van der Waals surface area (Å²) >= 11 is 0. The lowest BCUT2D eigenvalue weighted by Crippen LogP contribution is -2.40. The lowest BCUT2D eigenvalue weighted by molar-refractivity contribution is -0.137. The van der Waals surface area contributed by atoms with E-state index in [1.807, 2.05) is 0 Å². The van der Waals surface area contributed by atoms with E-state index in [9.17, 15) is 13.2 Å². The number of carboxylic acids is 1. The molecule has 3 N–H and O–H groups in total. The number of sulfonamides is 1. The van der Waals surface area contributed by atoms with Crippen LogP contribution in [0.1, 0.15) is 12.8 Å². The Labute approximate surface area is 121 Å². The second-order valence-corrected chi connectivity index (χ2v) is 5.97. The average Bonchev–Trinajstić information content (AvgIpc) is 2.42. The molecule has 1 aromatic rings. The molecule has 1 aliphatic rings. The molecule has 0 saturated heterocycles. The Morgan fingerprint density at radius 2 is 2.19 bits per heavy atom. The molecule has 8 nitrogen and oxygen atoms in total. The van der Waals surface area contributed by atoms with Crippen LogP contribution in [-0.2, 0) is 14.8 Å². The van der Waals surface area contributed by atoms with Crippen molar-refractivity contribution >= 4 is 27.6 Å². The minimum absolute atomic E-state index is 0.0166. The standard InChI is InChI=1S/C12H15N3O5S/c1-20-8-4-5-9-10(7-8)21(18,19)15-12(14-9)13-6-2-3-11(16)17/h4-5,7H,2-3,6H2,1H3,(H,16,17)(H2,13,14,15). The second-order valence-electron chi connectivity index (χ2n) is 4.32. The summed E-state index contributed by atoms with van der Waals surface area (Å²) in [5.41, 5.74) is 0.395. The van der Waals surface area contributed by atoms with Crippen molar-refractivity contribution in [3.63, 3.8) is 0 Å². The Kier molecular flexibility index (Phi) is 4.32. The van der Waals surface area contributed by atoms with Crippen LogP contribution >= 0.6 is 0 Å². The van der Waals surface area contributed by atoms with Crippen LogP contribution < -0.4 is 14.8 Å². The summed E-state index contributed by atoms with van der Waals surface area (Å²) in [4.78, 5) is 14.5. The Morgan fingerprint density at radius 3 is 2.86 bits per heavy atom. The Hall–Kier alpha value is -2.29. The molecular formula is C12H15N3O5S. The number of benzene rings is 1. The van der Waals surface area contributed by atoms with Gasteiger partial charge in [0, 0.05) is 19.0 Å². The first-order chi connectivity index (χ1) is 9.92. The summed E-state index contributed by atoms with van der Waals surface area (Å²) < 4.78 is 31.5. The number of rotatable bonds is 5. The van der Waals surface area contributed by atoms with Crippen LogP contribution in [0.15, 0.2) is 28.1 Å². The summed E-state index contributed by atoms with van der Waals surface area (Å²) in [7, 11) is -2.27. The Balaban J connectivity index is 2.18. The lowest BCUT2D eigenvalue weighted by atomic mass is 10.3. The molecule has 0 bridgehead atoms. The van der Waals surface area contributed by atoms with Crippen LogP contribution in [0, 0.1) is 0 Å². The number of aliphatic carboxylic acids is 1. The van der Waals surface area contributed by atoms with E-state index in [0.717, 1.165) is 0 Å². The molecule has 1 aliphatic heterocycles. The number of carbonyl (C=O) groups is 1. The van der Waals surface area contributed by atoms with Crippen LogP contribution in [0.5, 0.6) is 5.75 Å². The highest BCUT2D eigenvalue weighted by Gasteiger charge is 2.26. The number of methoxy groups -OCH3 is 1. The maximum atomic E-state index is 12.1. The van der Waals surface area contributed by atoms with Crippen LogP contribution in [0.2, 0.25) is 0 Å². The van der Waals surface area contributed by atoms with E-state index in [4.69, 9.17) is 9.84 Å². The summed E-state index contributed by atoms with van der Waals surface area (Å²) in [6.07, 6.45) is 0.315. The number of nitrogens with one attached hydrogen (secondary N) is 2. The topological polar surface area (TPSA) is 117 Å². The third kappa shape index (κ3) is 3.63. The minimum Gasteiger partial charge on any atom is -0.497 e. The maximum Gasteiger partial charge on any atom is 0.303 e. The van der Waals surface area contributed by atoms with Gasteiger partial charge in [-0.05, 0) is 18.6 Å². The van der Waals surface area contributed by atoms with Crippen molar-refractivity contribution in [1.29, 1.82) is 0 Å². The molecule has 0 unspecified atom stereocenters. The van der Waals surface area contributed by atoms with Gasteiger partial charge in [0.05, 0.1) is 12.8 Å². The first-order valence-electron chi connectivity index (χ1n) is 6.16. The van der Waals surface area contributed by atoms with E-state index >= 15 is 0 Å². The van der Waals surface area contributed by atoms with E-state index in [2.05, 4.69) is 15.0 Å². The highest BCUT2D eigenvalue weighted by atomic mass is 32.2. The number of ether oxygens (including phenoxy) is 1. The third-order valence-corrected chi connectivity index (χ3v) is 4.16. The number of carboxylic acid groups (broad SMARTS) is 1. The fourth-order valence-corrected chi connectivity index (χ4v) is 2.94. The van der Waals surface area contributed by atoms with Crippen molar-refractivity contribution in [2.24, 2.45) is 4.99 Å². The van der Waals surface area contributed by atoms with Crippen LogP contribution in [0.25, 0.3) is 0 Å². The summed E-state index contributed by atoms with van der Waals surface area (Å²) in [6.45, 7) is 0.211. The molecule has 0 saturated carbocycles. The minimum atomic E-state index is -3.72. The fourth-order valence-electron chi connectivity index (χ4n) is 1.78. The summed E-state index contributed by atoms with van der Waals surface area (Å²) in [6, 6.07) is 4.62. The molecule has 0 amide bonds. The molecule has 0 aromatic heterocycles. The van der Waals surface area contributed by atoms with Crippen molar-refractivity contribution in [3.8, 4) is 5.75 Å². The highest BCUT2D eigenvalue weighted by Crippen LogP contribution is 2.28. The van der Waals surface area contributed by atoms with Gasteiger partial charge in [-0.3, -0.25) is 9.79 Å². The smallest absolute Gasteiger partial charge is 0.303 e. The molecule has 21 heavy (non-hydrogen) atoms. The van der Waals surface area contributed by atoms with Crippen molar-refractivity contribution in [3.05, 3.63) is 18.2 Å². The number of anilines is 1. The molecule has 2 rings (SSSR count). The molecule has 0 spiro atoms. The molecular weight excluding hydrogens is 298 g/mol. The predicted molar refractivity (Wildman–Crippen MR) is 76.1 cm³/mol. The zero-order valence-electron chi connectivity index (χ0n) is 11.3. The monoisotopic (exact) mass is 313 g/mol. The Bertz CT molecular complexity index is 684. The van der Waals surface area contributed by atoms with E-state index < -0.39 is 16.0 Å². The van der Waals surface area contributed by atoms with E-state index in [1.54, 1.807) is 12.1 Å². The maximum absolute atomic E-state index is 12.1. The number of nitrogens with zero attached hydrogens (tertiary/aromatic N) is 1. The molecule has 114 valence electrons. The molecule has 0 fully saturated rings. The van der Waals surface area contributed by atoms with Gasteiger partial charge >= 0.3 is 5.97 Å². The number of fused-ring (bicyclic) bond motifs is 1. The van der Waals surface area contributed by atoms with Gasteiger partial charge in [-0.1, -0.05) is 0 Å². The quantitative estimate of drug-likeness (QED) is 0.686. The summed E-state index contributed by atoms with van der Waals surface area (Å²) in [5, 5.41) is 11.4. The van der Waals surface area contributed by atoms with Gasteiger partial charge in [0.1, 0.15) is 10.6 Å². The number of hydrogen-bond acceptors (Lipinski definition) is 5. The van der Waals surface area contributed by atoms with Crippen LogP contribution in [-0.4, -0.2) is 39.1 Å². The SMILES string of the molecule is COc1ccc2c(c1)S(=O)(=O)NC(=NCCCC(=O)O)N2. The van der Waals surface area contributed by atoms with Gasteiger partial charge in [-0.25, -0.2) is 13.1 Å². The van der Waals surface area contributed by atoms with Crippen molar-refractivity contribution < 1.29 is 23.1 Å². The molecule has 9 heteroatoms. The first-order valence-corrected chi connectivity index (χ1v) is 7.65. The van der Waals surface area contributed by atoms with Gasteiger partial charge in [0.15, 0.2) is 0 Å². The average molecular weight is 313 g/mol. The van der Waals surface area contributed by atoms with Gasteiger partial charge in [-0.2, -0.15) is 0 Å². The van der Waals surface area contributed by atoms with Gasteiger partial charge < -0.3 is 15.2 Å². The number of aliphatic imine (C=N–C) groups is 1. The van der Waals surface area contributed by atoms with E-state index in [1.165, 1.54) is 13.2 Å². The lowest BCUT2D eigenvalue weighted by Gasteiger charge is -2.21. The predicted octanol–water partition coefficient (Wildman–Crippen LogP) is 0.620. The molecule has 0 atom stereocenters. The van der Waals surface area contributed by atoms with Crippen molar-refractivity contribution in [2.75, 3.05) is 19.0 Å². The van der Waals surface area contributed by atoms with E-state index in [-0.39, 0.29) is 23.8 Å². The number of hydrogen-bond donors (Lipinski definition) is 3.